The molecule has 3 aromatic carbocycles. The van der Waals surface area contributed by atoms with E-state index in [0.717, 1.165) is 26.8 Å². The monoisotopic (exact) mass is 628 g/mol. The third-order valence-electron chi connectivity index (χ3n) is 6.56. The van der Waals surface area contributed by atoms with Gasteiger partial charge in [-0.3, -0.25) is 9.10 Å². The summed E-state index contributed by atoms with van der Waals surface area (Å²) in [6.45, 7) is 5.08. The molecular formula is C30H30Cl2N4O5S. The number of ether oxygens (including phenoxy) is 2. The highest BCUT2D eigenvalue weighted by atomic mass is 35.5. The van der Waals surface area contributed by atoms with Gasteiger partial charge in [-0.2, -0.15) is 5.10 Å². The number of carbonyl (C=O) groups is 1. The molecule has 0 aliphatic rings. The summed E-state index contributed by atoms with van der Waals surface area (Å²) in [6.07, 6.45) is 1.49. The maximum absolute atomic E-state index is 13.8. The molecule has 0 fully saturated rings. The van der Waals surface area contributed by atoms with Gasteiger partial charge in [0.05, 0.1) is 41.7 Å². The summed E-state index contributed by atoms with van der Waals surface area (Å²) in [6, 6.07) is 18.1. The molecule has 220 valence electrons. The van der Waals surface area contributed by atoms with E-state index in [-0.39, 0.29) is 16.3 Å². The van der Waals surface area contributed by atoms with Gasteiger partial charge in [0.1, 0.15) is 18.0 Å². The van der Waals surface area contributed by atoms with Crippen molar-refractivity contribution >= 4 is 51.0 Å². The quantitative estimate of drug-likeness (QED) is 0.170. The normalized spacial score (nSPS) is 11.5. The maximum Gasteiger partial charge on any atom is 0.264 e. The van der Waals surface area contributed by atoms with Crippen molar-refractivity contribution in [1.82, 2.24) is 9.99 Å². The predicted molar refractivity (Wildman–Crippen MR) is 166 cm³/mol. The highest BCUT2D eigenvalue weighted by Crippen LogP contribution is 2.35. The maximum atomic E-state index is 13.8. The fourth-order valence-corrected chi connectivity index (χ4v) is 6.21. The minimum atomic E-state index is -4.19. The van der Waals surface area contributed by atoms with Crippen LogP contribution in [-0.4, -0.2) is 45.9 Å². The predicted octanol–water partition coefficient (Wildman–Crippen LogP) is 6.07. The molecule has 0 spiro atoms. The number of aromatic nitrogens is 1. The zero-order valence-electron chi connectivity index (χ0n) is 23.7. The van der Waals surface area contributed by atoms with Crippen LogP contribution in [0.1, 0.15) is 22.5 Å². The Kier molecular flexibility index (Phi) is 9.50. The molecule has 1 N–H and O–H groups in total. The number of sulfonamides is 1. The summed E-state index contributed by atoms with van der Waals surface area (Å²) in [5, 5.41) is 5.18. The number of anilines is 1. The van der Waals surface area contributed by atoms with Crippen molar-refractivity contribution in [1.29, 1.82) is 0 Å². The van der Waals surface area contributed by atoms with E-state index in [2.05, 4.69) is 10.5 Å². The van der Waals surface area contributed by atoms with Gasteiger partial charge in [-0.15, -0.1) is 0 Å². The minimum absolute atomic E-state index is 0.0152. The zero-order chi connectivity index (χ0) is 30.6. The van der Waals surface area contributed by atoms with Crippen LogP contribution in [0, 0.1) is 20.8 Å². The molecule has 9 nitrogen and oxygen atoms in total. The van der Waals surface area contributed by atoms with Crippen LogP contribution in [0.25, 0.3) is 5.69 Å². The molecule has 12 heteroatoms. The van der Waals surface area contributed by atoms with E-state index in [1.807, 2.05) is 31.4 Å². The van der Waals surface area contributed by atoms with E-state index < -0.39 is 22.5 Å². The fourth-order valence-electron chi connectivity index (χ4n) is 4.41. The summed E-state index contributed by atoms with van der Waals surface area (Å²) in [5.41, 5.74) is 6.61. The summed E-state index contributed by atoms with van der Waals surface area (Å²) in [4.78, 5) is 13.1. The molecule has 4 aromatic rings. The highest BCUT2D eigenvalue weighted by Gasteiger charge is 2.30. The topological polar surface area (TPSA) is 102 Å². The Balaban J connectivity index is 1.63. The first-order valence-electron chi connectivity index (χ1n) is 12.7. The molecule has 42 heavy (non-hydrogen) atoms. The molecular weight excluding hydrogens is 599 g/mol. The number of nitrogens with one attached hydrogen (secondary N) is 1. The van der Waals surface area contributed by atoms with Crippen molar-refractivity contribution in [3.8, 4) is 17.2 Å². The lowest BCUT2D eigenvalue weighted by molar-refractivity contribution is -0.119. The first-order chi connectivity index (χ1) is 20.0. The fraction of sp³-hybridized carbons (Fsp3) is 0.200. The summed E-state index contributed by atoms with van der Waals surface area (Å²) >= 11 is 12.6. The van der Waals surface area contributed by atoms with Crippen molar-refractivity contribution in [3.63, 3.8) is 0 Å². The summed E-state index contributed by atoms with van der Waals surface area (Å²) in [5.74, 6) is -0.0306. The molecule has 1 heterocycles. The van der Waals surface area contributed by atoms with Crippen LogP contribution in [0.4, 0.5) is 5.69 Å². The molecule has 0 aliphatic heterocycles. The average molecular weight is 630 g/mol. The van der Waals surface area contributed by atoms with Crippen molar-refractivity contribution in [2.24, 2.45) is 5.10 Å². The number of hydrazone groups is 1. The molecule has 0 saturated carbocycles. The molecule has 1 amide bonds. The van der Waals surface area contributed by atoms with Crippen LogP contribution < -0.4 is 19.2 Å². The number of amides is 1. The van der Waals surface area contributed by atoms with E-state index >= 15 is 0 Å². The minimum Gasteiger partial charge on any atom is -0.497 e. The number of aryl methyl sites for hydroxylation is 2. The first kappa shape index (κ1) is 31.0. The van der Waals surface area contributed by atoms with Gasteiger partial charge in [0.2, 0.25) is 0 Å². The van der Waals surface area contributed by atoms with Crippen LogP contribution in [0.5, 0.6) is 11.5 Å². The lowest BCUT2D eigenvalue weighted by Crippen LogP contribution is -2.39. The lowest BCUT2D eigenvalue weighted by atomic mass is 10.2. The third kappa shape index (κ3) is 6.56. The lowest BCUT2D eigenvalue weighted by Gasteiger charge is -2.25. The first-order valence-corrected chi connectivity index (χ1v) is 14.9. The van der Waals surface area contributed by atoms with Gasteiger partial charge >= 0.3 is 0 Å². The van der Waals surface area contributed by atoms with Crippen molar-refractivity contribution in [3.05, 3.63) is 99.3 Å². The van der Waals surface area contributed by atoms with Gasteiger partial charge in [0, 0.05) is 28.0 Å². The Morgan fingerprint density at radius 1 is 0.976 bits per heavy atom. The van der Waals surface area contributed by atoms with Gasteiger partial charge in [0.15, 0.2) is 0 Å². The number of hydrogen-bond acceptors (Lipinski definition) is 6. The van der Waals surface area contributed by atoms with Gasteiger partial charge in [-0.05, 0) is 69.3 Å². The number of nitrogens with zero attached hydrogens (tertiary/aromatic N) is 3. The summed E-state index contributed by atoms with van der Waals surface area (Å²) in [7, 11) is -1.31. The van der Waals surface area contributed by atoms with Crippen LogP contribution in [0.15, 0.2) is 76.7 Å². The second-order valence-corrected chi connectivity index (χ2v) is 12.1. The van der Waals surface area contributed by atoms with E-state index in [9.17, 15) is 13.2 Å². The van der Waals surface area contributed by atoms with E-state index in [4.69, 9.17) is 32.7 Å². The zero-order valence-corrected chi connectivity index (χ0v) is 26.0. The van der Waals surface area contributed by atoms with Crippen molar-refractivity contribution in [2.45, 2.75) is 25.7 Å². The molecule has 0 radical (unpaired) electrons. The molecule has 1 aromatic heterocycles. The Morgan fingerprint density at radius 3 is 2.36 bits per heavy atom. The Bertz CT molecular complexity index is 1750. The Labute approximate surface area is 255 Å². The largest absolute Gasteiger partial charge is 0.497 e. The van der Waals surface area contributed by atoms with Crippen LogP contribution in [0.3, 0.4) is 0 Å². The highest BCUT2D eigenvalue weighted by molar-refractivity contribution is 7.92. The standard InChI is InChI=1S/C30H30Cl2N4O5S/c1-19-6-10-25(11-7-19)42(38,39)35(28-16-24(40-4)9-13-29(28)41-5)18-30(37)34-33-17-22-14-20(2)36(21(22)3)27-15-23(31)8-12-26(27)32/h6-17H,18H2,1-5H3,(H,34,37)/b33-17-. The van der Waals surface area contributed by atoms with Crippen molar-refractivity contribution in [2.75, 3.05) is 25.1 Å². The second-order valence-electron chi connectivity index (χ2n) is 9.41. The number of rotatable bonds is 10. The molecule has 0 atom stereocenters. The average Bonchev–Trinajstić information content (AvgIpc) is 3.24. The Morgan fingerprint density at radius 2 is 1.69 bits per heavy atom. The second kappa shape index (κ2) is 12.9. The third-order valence-corrected chi connectivity index (χ3v) is 8.89. The number of hydrogen-bond donors (Lipinski definition) is 1. The molecule has 0 saturated heterocycles. The number of carbonyl (C=O) groups excluding carboxylic acids is 1. The number of benzene rings is 3. The van der Waals surface area contributed by atoms with E-state index in [1.54, 1.807) is 42.5 Å². The van der Waals surface area contributed by atoms with Gasteiger partial charge in [0.25, 0.3) is 15.9 Å². The van der Waals surface area contributed by atoms with E-state index in [1.165, 1.54) is 38.6 Å². The molecule has 0 unspecified atom stereocenters. The van der Waals surface area contributed by atoms with Gasteiger partial charge < -0.3 is 14.0 Å². The van der Waals surface area contributed by atoms with Crippen LogP contribution in [-0.2, 0) is 14.8 Å². The van der Waals surface area contributed by atoms with Gasteiger partial charge in [-0.25, -0.2) is 13.8 Å². The van der Waals surface area contributed by atoms with Crippen LogP contribution >= 0.6 is 23.2 Å². The Hall–Kier alpha value is -3.99. The van der Waals surface area contributed by atoms with Crippen molar-refractivity contribution < 1.29 is 22.7 Å². The molecule has 0 bridgehead atoms. The SMILES string of the molecule is COc1ccc(OC)c(N(CC(=O)N/N=C\c2cc(C)n(-c3cc(Cl)ccc3Cl)c2C)S(=O)(=O)c2ccc(C)cc2)c1. The molecule has 0 aliphatic carbocycles. The van der Waals surface area contributed by atoms with Gasteiger partial charge in [-0.1, -0.05) is 40.9 Å². The number of methoxy groups -OCH3 is 2. The van der Waals surface area contributed by atoms with E-state index in [0.29, 0.717) is 21.5 Å². The smallest absolute Gasteiger partial charge is 0.264 e. The van der Waals surface area contributed by atoms with Crippen LogP contribution in [0.2, 0.25) is 10.0 Å². The summed E-state index contributed by atoms with van der Waals surface area (Å²) < 4.78 is 41.2. The number of halogens is 2. The molecule has 4 rings (SSSR count).